The molecule has 2 heteroatoms. The van der Waals surface area contributed by atoms with E-state index in [-0.39, 0.29) is 11.5 Å². The van der Waals surface area contributed by atoms with Gasteiger partial charge in [-0.2, -0.15) is 0 Å². The van der Waals surface area contributed by atoms with E-state index in [1.165, 1.54) is 10.9 Å². The smallest absolute Gasteiger partial charge is 0.0552 e. The quantitative estimate of drug-likeness (QED) is 0.876. The third-order valence-electron chi connectivity index (χ3n) is 3.16. The van der Waals surface area contributed by atoms with Crippen molar-refractivity contribution in [3.63, 3.8) is 0 Å². The Balaban J connectivity index is 2.53. The lowest BCUT2D eigenvalue weighted by Gasteiger charge is -2.21. The fourth-order valence-corrected chi connectivity index (χ4v) is 2.29. The lowest BCUT2D eigenvalue weighted by molar-refractivity contribution is 0.195. The molecular weight excluding hydrogens is 222 g/mol. The number of fused-ring (bicyclic) bond motifs is 1. The van der Waals surface area contributed by atoms with E-state index in [9.17, 15) is 5.11 Å². The Labute approximate surface area is 109 Å². The average Bonchev–Trinajstić information content (AvgIpc) is 2.25. The van der Waals surface area contributed by atoms with Gasteiger partial charge < -0.3 is 5.11 Å². The highest BCUT2D eigenvalue weighted by molar-refractivity contribution is 5.86. The monoisotopic (exact) mass is 243 g/mol. The molecule has 0 aliphatic heterocycles. The Hall–Kier alpha value is -1.41. The van der Waals surface area contributed by atoms with Crippen LogP contribution in [-0.2, 0) is 11.8 Å². The summed E-state index contributed by atoms with van der Waals surface area (Å²) in [5.74, 6) is 0. The van der Waals surface area contributed by atoms with Crippen LogP contribution in [0.4, 0.5) is 0 Å². The van der Waals surface area contributed by atoms with E-state index in [2.05, 4.69) is 44.0 Å². The second kappa shape index (κ2) is 4.69. The molecule has 1 N–H and O–H groups in total. The van der Waals surface area contributed by atoms with Crippen molar-refractivity contribution in [2.75, 3.05) is 0 Å². The van der Waals surface area contributed by atoms with Gasteiger partial charge in [-0.05, 0) is 41.3 Å². The molecule has 1 heterocycles. The Bertz CT molecular complexity index is 553. The van der Waals surface area contributed by atoms with Crippen LogP contribution in [0.15, 0.2) is 30.6 Å². The topological polar surface area (TPSA) is 33.1 Å². The SMILES string of the molecule is CC(O)Cc1ccc2c(C(C)(C)C)cncc2c1. The molecule has 1 aromatic carbocycles. The zero-order valence-corrected chi connectivity index (χ0v) is 11.6. The van der Waals surface area contributed by atoms with Gasteiger partial charge in [-0.1, -0.05) is 32.9 Å². The molecule has 0 spiro atoms. The van der Waals surface area contributed by atoms with Crippen LogP contribution in [0.2, 0.25) is 0 Å². The fourth-order valence-electron chi connectivity index (χ4n) is 2.29. The van der Waals surface area contributed by atoms with Gasteiger partial charge in [-0.15, -0.1) is 0 Å². The Morgan fingerprint density at radius 1 is 1.22 bits per heavy atom. The summed E-state index contributed by atoms with van der Waals surface area (Å²) < 4.78 is 0. The van der Waals surface area contributed by atoms with Crippen LogP contribution in [0.25, 0.3) is 10.8 Å². The minimum atomic E-state index is -0.304. The summed E-state index contributed by atoms with van der Waals surface area (Å²) >= 11 is 0. The minimum Gasteiger partial charge on any atom is -0.393 e. The van der Waals surface area contributed by atoms with Crippen molar-refractivity contribution < 1.29 is 5.11 Å². The second-order valence-corrected chi connectivity index (χ2v) is 6.05. The maximum Gasteiger partial charge on any atom is 0.0552 e. The summed E-state index contributed by atoms with van der Waals surface area (Å²) in [5.41, 5.74) is 2.52. The lowest BCUT2D eigenvalue weighted by Crippen LogP contribution is -2.12. The van der Waals surface area contributed by atoms with Crippen molar-refractivity contribution in [3.05, 3.63) is 41.7 Å². The number of benzene rings is 1. The average molecular weight is 243 g/mol. The maximum absolute atomic E-state index is 9.45. The lowest BCUT2D eigenvalue weighted by atomic mass is 9.85. The van der Waals surface area contributed by atoms with Crippen molar-refractivity contribution >= 4 is 10.8 Å². The molecule has 2 nitrogen and oxygen atoms in total. The van der Waals surface area contributed by atoms with Crippen molar-refractivity contribution in [2.24, 2.45) is 0 Å². The molecule has 2 rings (SSSR count). The van der Waals surface area contributed by atoms with Crippen LogP contribution in [0.3, 0.4) is 0 Å². The van der Waals surface area contributed by atoms with E-state index in [4.69, 9.17) is 0 Å². The standard InChI is InChI=1S/C16H21NO/c1-11(18)7-12-5-6-14-13(8-12)9-17-10-15(14)16(2,3)4/h5-6,8-11,18H,7H2,1-4H3. The first-order valence-electron chi connectivity index (χ1n) is 6.43. The molecule has 0 aliphatic carbocycles. The highest BCUT2D eigenvalue weighted by Crippen LogP contribution is 2.29. The second-order valence-electron chi connectivity index (χ2n) is 6.05. The van der Waals surface area contributed by atoms with Crippen molar-refractivity contribution in [1.29, 1.82) is 0 Å². The van der Waals surface area contributed by atoms with Gasteiger partial charge in [0, 0.05) is 17.8 Å². The molecule has 0 bridgehead atoms. The van der Waals surface area contributed by atoms with Gasteiger partial charge in [0.2, 0.25) is 0 Å². The van der Waals surface area contributed by atoms with Gasteiger partial charge in [0.05, 0.1) is 6.10 Å². The summed E-state index contributed by atoms with van der Waals surface area (Å²) in [6.07, 6.45) is 4.24. The number of nitrogens with zero attached hydrogens (tertiary/aromatic N) is 1. The summed E-state index contributed by atoms with van der Waals surface area (Å²) in [6, 6.07) is 6.38. The number of pyridine rings is 1. The molecule has 0 aliphatic rings. The van der Waals surface area contributed by atoms with Crippen molar-refractivity contribution in [3.8, 4) is 0 Å². The normalized spacial score (nSPS) is 13.8. The highest BCUT2D eigenvalue weighted by Gasteiger charge is 2.17. The molecule has 0 saturated carbocycles. The third-order valence-corrected chi connectivity index (χ3v) is 3.16. The Morgan fingerprint density at radius 2 is 1.94 bits per heavy atom. The summed E-state index contributed by atoms with van der Waals surface area (Å²) in [4.78, 5) is 4.34. The molecule has 96 valence electrons. The number of aromatic nitrogens is 1. The number of hydrogen-bond donors (Lipinski definition) is 1. The van der Waals surface area contributed by atoms with E-state index in [1.807, 2.05) is 19.3 Å². The number of rotatable bonds is 2. The minimum absolute atomic E-state index is 0.0955. The van der Waals surface area contributed by atoms with E-state index >= 15 is 0 Å². The van der Waals surface area contributed by atoms with Crippen LogP contribution < -0.4 is 0 Å². The molecule has 1 unspecified atom stereocenters. The largest absolute Gasteiger partial charge is 0.393 e. The van der Waals surface area contributed by atoms with E-state index in [1.54, 1.807) is 0 Å². The van der Waals surface area contributed by atoms with Gasteiger partial charge in [0.1, 0.15) is 0 Å². The Morgan fingerprint density at radius 3 is 2.56 bits per heavy atom. The predicted octanol–water partition coefficient (Wildman–Crippen LogP) is 3.46. The van der Waals surface area contributed by atoms with Gasteiger partial charge in [-0.3, -0.25) is 4.98 Å². The Kier molecular flexibility index (Phi) is 3.40. The van der Waals surface area contributed by atoms with Crippen LogP contribution in [0.1, 0.15) is 38.8 Å². The van der Waals surface area contributed by atoms with E-state index < -0.39 is 0 Å². The van der Waals surface area contributed by atoms with Gasteiger partial charge in [0.15, 0.2) is 0 Å². The first-order valence-corrected chi connectivity index (χ1v) is 6.43. The maximum atomic E-state index is 9.45. The van der Waals surface area contributed by atoms with Gasteiger partial charge in [-0.25, -0.2) is 0 Å². The van der Waals surface area contributed by atoms with E-state index in [0.29, 0.717) is 6.42 Å². The van der Waals surface area contributed by atoms with Gasteiger partial charge in [0.25, 0.3) is 0 Å². The fraction of sp³-hybridized carbons (Fsp3) is 0.438. The zero-order valence-electron chi connectivity index (χ0n) is 11.6. The summed E-state index contributed by atoms with van der Waals surface area (Å²) in [6.45, 7) is 8.42. The number of aliphatic hydroxyl groups is 1. The number of hydrogen-bond acceptors (Lipinski definition) is 2. The van der Waals surface area contributed by atoms with Crippen LogP contribution >= 0.6 is 0 Å². The van der Waals surface area contributed by atoms with Gasteiger partial charge >= 0.3 is 0 Å². The zero-order chi connectivity index (χ0) is 13.3. The van der Waals surface area contributed by atoms with Crippen LogP contribution in [0, 0.1) is 0 Å². The molecule has 18 heavy (non-hydrogen) atoms. The number of aliphatic hydroxyl groups excluding tert-OH is 1. The molecule has 1 atom stereocenters. The molecule has 0 radical (unpaired) electrons. The van der Waals surface area contributed by atoms with Crippen molar-refractivity contribution in [2.45, 2.75) is 45.6 Å². The van der Waals surface area contributed by atoms with Crippen LogP contribution in [-0.4, -0.2) is 16.2 Å². The molecule has 0 fully saturated rings. The molecule has 1 aromatic heterocycles. The van der Waals surface area contributed by atoms with Crippen LogP contribution in [0.5, 0.6) is 0 Å². The highest BCUT2D eigenvalue weighted by atomic mass is 16.3. The third kappa shape index (κ3) is 2.70. The van der Waals surface area contributed by atoms with E-state index in [0.717, 1.165) is 10.9 Å². The molecule has 0 amide bonds. The molecular formula is C16H21NO. The first-order chi connectivity index (χ1) is 8.38. The first kappa shape index (κ1) is 13.0. The predicted molar refractivity (Wildman–Crippen MR) is 75.8 cm³/mol. The molecule has 2 aromatic rings. The summed E-state index contributed by atoms with van der Waals surface area (Å²) in [7, 11) is 0. The molecule has 0 saturated heterocycles. The van der Waals surface area contributed by atoms with Crippen molar-refractivity contribution in [1.82, 2.24) is 4.98 Å². The summed E-state index contributed by atoms with van der Waals surface area (Å²) in [5, 5.41) is 11.9.